The Morgan fingerprint density at radius 2 is 2.04 bits per heavy atom. The number of nitrogens with zero attached hydrogens (tertiary/aromatic N) is 1. The molecule has 1 atom stereocenters. The fraction of sp³-hybridized carbons (Fsp3) is 0.619. The minimum atomic E-state index is -0.869. The third kappa shape index (κ3) is 6.68. The van der Waals surface area contributed by atoms with Crippen LogP contribution in [0.3, 0.4) is 0 Å². The van der Waals surface area contributed by atoms with Gasteiger partial charge in [-0.1, -0.05) is 40.5 Å². The second-order valence-electron chi connectivity index (χ2n) is 7.16. The molecule has 0 radical (unpaired) electrons. The Morgan fingerprint density at radius 1 is 1.31 bits per heavy atom. The number of amides is 1. The highest BCUT2D eigenvalue weighted by Gasteiger charge is 2.33. The van der Waals surface area contributed by atoms with E-state index in [1.807, 2.05) is 27.7 Å². The molecule has 0 aromatic heterocycles. The van der Waals surface area contributed by atoms with Crippen LogP contribution in [0.5, 0.6) is 5.75 Å². The van der Waals surface area contributed by atoms with Crippen molar-refractivity contribution < 1.29 is 14.3 Å². The molecule has 0 aliphatic rings. The van der Waals surface area contributed by atoms with E-state index >= 15 is 0 Å². The van der Waals surface area contributed by atoms with Gasteiger partial charge in [0.15, 0.2) is 0 Å². The molecule has 5 heteroatoms. The van der Waals surface area contributed by atoms with Gasteiger partial charge in [-0.15, -0.1) is 0 Å². The van der Waals surface area contributed by atoms with Crippen molar-refractivity contribution in [1.29, 1.82) is 5.26 Å². The maximum absolute atomic E-state index is 12.8. The molecule has 1 aromatic carbocycles. The molecule has 0 spiro atoms. The Hall–Kier alpha value is -2.06. The molecule has 1 rings (SSSR count). The van der Waals surface area contributed by atoms with Crippen molar-refractivity contribution in [2.24, 2.45) is 5.92 Å². The highest BCUT2D eigenvalue weighted by Crippen LogP contribution is 2.26. The highest BCUT2D eigenvalue weighted by atomic mass is 16.5. The van der Waals surface area contributed by atoms with E-state index in [0.29, 0.717) is 42.6 Å². The Balaban J connectivity index is 2.90. The third-order valence-corrected chi connectivity index (χ3v) is 4.04. The van der Waals surface area contributed by atoms with Crippen molar-refractivity contribution in [3.8, 4) is 11.8 Å². The highest BCUT2D eigenvalue weighted by molar-refractivity contribution is 5.97. The van der Waals surface area contributed by atoms with Crippen LogP contribution in [0, 0.1) is 17.2 Å². The summed E-state index contributed by atoms with van der Waals surface area (Å²) in [5.74, 6) is 0.727. The first-order valence-corrected chi connectivity index (χ1v) is 9.48. The van der Waals surface area contributed by atoms with Crippen molar-refractivity contribution in [1.82, 2.24) is 0 Å². The number of hydrogen-bond donors (Lipinski definition) is 1. The van der Waals surface area contributed by atoms with Crippen molar-refractivity contribution in [2.45, 2.75) is 65.9 Å². The molecule has 0 aliphatic carbocycles. The molecular formula is C21H32N2O3. The normalized spacial score (nSPS) is 13.1. The van der Waals surface area contributed by atoms with Gasteiger partial charge in [0.2, 0.25) is 0 Å². The molecule has 0 bridgehead atoms. The number of carbonyl (C=O) groups is 1. The average Bonchev–Trinajstić information content (AvgIpc) is 2.63. The Morgan fingerprint density at radius 3 is 2.62 bits per heavy atom. The molecule has 1 aromatic rings. The molecule has 0 fully saturated rings. The van der Waals surface area contributed by atoms with E-state index in [2.05, 4.69) is 18.3 Å². The first kappa shape index (κ1) is 22.0. The minimum Gasteiger partial charge on any atom is -0.492 e. The second-order valence-corrected chi connectivity index (χ2v) is 7.16. The Bertz CT molecular complexity index is 612. The van der Waals surface area contributed by atoms with E-state index in [9.17, 15) is 10.1 Å². The fourth-order valence-electron chi connectivity index (χ4n) is 2.43. The number of benzene rings is 1. The summed E-state index contributed by atoms with van der Waals surface area (Å²) in [7, 11) is 0. The number of ether oxygens (including phenoxy) is 2. The molecule has 0 heterocycles. The molecule has 1 amide bonds. The Labute approximate surface area is 157 Å². The van der Waals surface area contributed by atoms with Gasteiger partial charge in [0.1, 0.15) is 17.4 Å². The zero-order valence-corrected chi connectivity index (χ0v) is 16.7. The maximum atomic E-state index is 12.8. The topological polar surface area (TPSA) is 71.3 Å². The van der Waals surface area contributed by atoms with Crippen LogP contribution in [0.4, 0.5) is 5.69 Å². The van der Waals surface area contributed by atoms with E-state index in [-0.39, 0.29) is 5.91 Å². The van der Waals surface area contributed by atoms with Gasteiger partial charge in [0, 0.05) is 12.3 Å². The SMILES string of the molecule is CCCC[C@@](C)(OCCC)C(=O)Nc1ccc(OCC(C)C)c(C#N)c1. The van der Waals surface area contributed by atoms with Crippen molar-refractivity contribution >= 4 is 11.6 Å². The first-order chi connectivity index (χ1) is 12.4. The van der Waals surface area contributed by atoms with Gasteiger partial charge >= 0.3 is 0 Å². The second kappa shape index (κ2) is 10.8. The number of unbranched alkanes of at least 4 members (excludes halogenated alkanes) is 1. The fourth-order valence-corrected chi connectivity index (χ4v) is 2.43. The van der Waals surface area contributed by atoms with Gasteiger partial charge in [-0.25, -0.2) is 0 Å². The lowest BCUT2D eigenvalue weighted by Gasteiger charge is -2.28. The van der Waals surface area contributed by atoms with E-state index < -0.39 is 5.60 Å². The summed E-state index contributed by atoms with van der Waals surface area (Å²) in [6.45, 7) is 11.1. The number of rotatable bonds is 11. The lowest BCUT2D eigenvalue weighted by Crippen LogP contribution is -2.43. The first-order valence-electron chi connectivity index (χ1n) is 9.48. The van der Waals surface area contributed by atoms with Crippen LogP contribution in [0.1, 0.15) is 65.9 Å². The predicted molar refractivity (Wildman–Crippen MR) is 104 cm³/mol. The number of anilines is 1. The standard InChI is InChI=1S/C21H32N2O3/c1-6-8-11-21(5,26-12-7-2)20(24)23-18-9-10-19(17(13-18)14-22)25-15-16(3)4/h9-10,13,16H,6-8,11-12,15H2,1-5H3,(H,23,24)/t21-/m1/s1. The lowest BCUT2D eigenvalue weighted by molar-refractivity contribution is -0.140. The van der Waals surface area contributed by atoms with Gasteiger partial charge < -0.3 is 14.8 Å². The zero-order valence-electron chi connectivity index (χ0n) is 16.7. The summed E-state index contributed by atoms with van der Waals surface area (Å²) in [4.78, 5) is 12.8. The van der Waals surface area contributed by atoms with Crippen molar-refractivity contribution in [3.63, 3.8) is 0 Å². The van der Waals surface area contributed by atoms with Gasteiger partial charge in [-0.05, 0) is 43.9 Å². The quantitative estimate of drug-likeness (QED) is 0.609. The van der Waals surface area contributed by atoms with Crippen LogP contribution in [0.2, 0.25) is 0 Å². The summed E-state index contributed by atoms with van der Waals surface area (Å²) >= 11 is 0. The summed E-state index contributed by atoms with van der Waals surface area (Å²) in [5.41, 5.74) is 0.116. The summed E-state index contributed by atoms with van der Waals surface area (Å²) in [5, 5.41) is 12.3. The minimum absolute atomic E-state index is 0.181. The van der Waals surface area contributed by atoms with Crippen molar-refractivity contribution in [2.75, 3.05) is 18.5 Å². The third-order valence-electron chi connectivity index (χ3n) is 4.04. The van der Waals surface area contributed by atoms with Crippen LogP contribution in [0.15, 0.2) is 18.2 Å². The van der Waals surface area contributed by atoms with Gasteiger partial charge in [-0.3, -0.25) is 4.79 Å². The van der Waals surface area contributed by atoms with Crippen LogP contribution in [-0.4, -0.2) is 24.7 Å². The van der Waals surface area contributed by atoms with E-state index in [1.54, 1.807) is 18.2 Å². The number of nitrogens with one attached hydrogen (secondary N) is 1. The monoisotopic (exact) mass is 360 g/mol. The number of carbonyl (C=O) groups excluding carboxylic acids is 1. The zero-order chi connectivity index (χ0) is 19.6. The number of nitriles is 1. The van der Waals surface area contributed by atoms with Crippen LogP contribution in [-0.2, 0) is 9.53 Å². The Kier molecular flexibility index (Phi) is 9.15. The van der Waals surface area contributed by atoms with Crippen LogP contribution < -0.4 is 10.1 Å². The van der Waals surface area contributed by atoms with E-state index in [0.717, 1.165) is 19.3 Å². The molecular weight excluding hydrogens is 328 g/mol. The molecule has 0 saturated heterocycles. The number of hydrogen-bond acceptors (Lipinski definition) is 4. The smallest absolute Gasteiger partial charge is 0.256 e. The van der Waals surface area contributed by atoms with Crippen molar-refractivity contribution in [3.05, 3.63) is 23.8 Å². The van der Waals surface area contributed by atoms with Gasteiger partial charge in [0.05, 0.1) is 12.2 Å². The lowest BCUT2D eigenvalue weighted by atomic mass is 9.97. The molecule has 144 valence electrons. The summed E-state index contributed by atoms with van der Waals surface area (Å²) in [6.07, 6.45) is 3.43. The van der Waals surface area contributed by atoms with Gasteiger partial charge in [-0.2, -0.15) is 5.26 Å². The summed E-state index contributed by atoms with van der Waals surface area (Å²) in [6, 6.07) is 7.27. The van der Waals surface area contributed by atoms with Gasteiger partial charge in [0.25, 0.3) is 5.91 Å². The van der Waals surface area contributed by atoms with Crippen LogP contribution >= 0.6 is 0 Å². The largest absolute Gasteiger partial charge is 0.492 e. The summed E-state index contributed by atoms with van der Waals surface area (Å²) < 4.78 is 11.5. The maximum Gasteiger partial charge on any atom is 0.256 e. The average molecular weight is 360 g/mol. The molecule has 1 N–H and O–H groups in total. The molecule has 0 unspecified atom stereocenters. The molecule has 0 saturated carbocycles. The predicted octanol–water partition coefficient (Wildman–Crippen LogP) is 4.91. The molecule has 5 nitrogen and oxygen atoms in total. The van der Waals surface area contributed by atoms with E-state index in [1.165, 1.54) is 0 Å². The molecule has 0 aliphatic heterocycles. The van der Waals surface area contributed by atoms with E-state index in [4.69, 9.17) is 9.47 Å². The van der Waals surface area contributed by atoms with Crippen LogP contribution in [0.25, 0.3) is 0 Å². The molecule has 26 heavy (non-hydrogen) atoms.